The lowest BCUT2D eigenvalue weighted by molar-refractivity contribution is -0.188. The number of fused-ring (bicyclic) bond motifs is 1. The Hall–Kier alpha value is -1.96. The smallest absolute Gasteiger partial charge is 0.391 e. The number of ether oxygens (including phenoxy) is 2. The van der Waals surface area contributed by atoms with Crippen LogP contribution in [0.1, 0.15) is 48.9 Å². The Kier molecular flexibility index (Phi) is 4.70. The SMILES string of the molecule is COC(=O)c1ccc2c(c1)NC(OC1CCC(C(F)(F)F)CC1)N2C1CC1. The minimum atomic E-state index is -4.11. The van der Waals surface area contributed by atoms with Crippen molar-refractivity contribution in [3.05, 3.63) is 23.8 Å². The summed E-state index contributed by atoms with van der Waals surface area (Å²) in [4.78, 5) is 13.9. The number of carbonyl (C=O) groups excluding carboxylic acids is 1. The fourth-order valence-electron chi connectivity index (χ4n) is 4.00. The van der Waals surface area contributed by atoms with Crippen LogP contribution in [-0.2, 0) is 9.47 Å². The zero-order chi connectivity index (χ0) is 19.2. The van der Waals surface area contributed by atoms with E-state index in [1.54, 1.807) is 12.1 Å². The van der Waals surface area contributed by atoms with Gasteiger partial charge in [-0.3, -0.25) is 0 Å². The van der Waals surface area contributed by atoms with Crippen molar-refractivity contribution >= 4 is 17.3 Å². The van der Waals surface area contributed by atoms with Gasteiger partial charge in [0, 0.05) is 6.04 Å². The van der Waals surface area contributed by atoms with E-state index in [1.807, 2.05) is 6.07 Å². The molecule has 0 saturated heterocycles. The summed E-state index contributed by atoms with van der Waals surface area (Å²) in [5.74, 6) is -1.62. The summed E-state index contributed by atoms with van der Waals surface area (Å²) >= 11 is 0. The maximum atomic E-state index is 12.9. The minimum absolute atomic E-state index is 0.115. The van der Waals surface area contributed by atoms with Crippen LogP contribution in [0.3, 0.4) is 0 Å². The molecule has 0 spiro atoms. The average Bonchev–Trinajstić information content (AvgIpc) is 3.41. The number of rotatable bonds is 4. The van der Waals surface area contributed by atoms with E-state index in [2.05, 4.69) is 10.2 Å². The number of hydrogen-bond acceptors (Lipinski definition) is 5. The first-order valence-electron chi connectivity index (χ1n) is 9.36. The van der Waals surface area contributed by atoms with Crippen LogP contribution >= 0.6 is 0 Å². The Morgan fingerprint density at radius 1 is 1.15 bits per heavy atom. The summed E-state index contributed by atoms with van der Waals surface area (Å²) in [7, 11) is 1.34. The molecule has 27 heavy (non-hydrogen) atoms. The number of methoxy groups -OCH3 is 1. The molecule has 1 aromatic rings. The largest absolute Gasteiger partial charge is 0.465 e. The number of benzene rings is 1. The molecule has 2 aliphatic carbocycles. The van der Waals surface area contributed by atoms with Crippen LogP contribution in [0, 0.1) is 5.92 Å². The summed E-state index contributed by atoms with van der Waals surface area (Å²) in [5.41, 5.74) is 2.20. The normalized spacial score (nSPS) is 27.9. The molecule has 0 amide bonds. The van der Waals surface area contributed by atoms with E-state index in [0.717, 1.165) is 24.2 Å². The van der Waals surface area contributed by atoms with Gasteiger partial charge in [-0.25, -0.2) is 4.79 Å². The second-order valence-corrected chi connectivity index (χ2v) is 7.51. The van der Waals surface area contributed by atoms with Gasteiger partial charge >= 0.3 is 12.1 Å². The predicted octanol–water partition coefficient (Wildman–Crippen LogP) is 4.29. The molecule has 0 aromatic heterocycles. The van der Waals surface area contributed by atoms with Gasteiger partial charge in [0.25, 0.3) is 0 Å². The molecule has 5 nitrogen and oxygen atoms in total. The highest BCUT2D eigenvalue weighted by Crippen LogP contribution is 2.44. The molecule has 1 unspecified atom stereocenters. The Morgan fingerprint density at radius 2 is 1.85 bits per heavy atom. The van der Waals surface area contributed by atoms with Gasteiger partial charge in [-0.2, -0.15) is 13.2 Å². The first-order valence-corrected chi connectivity index (χ1v) is 9.36. The lowest BCUT2D eigenvalue weighted by Gasteiger charge is -2.34. The zero-order valence-electron chi connectivity index (χ0n) is 15.1. The zero-order valence-corrected chi connectivity index (χ0v) is 15.1. The molecule has 2 saturated carbocycles. The Bertz CT molecular complexity index is 713. The van der Waals surface area contributed by atoms with Crippen LogP contribution in [-0.4, -0.2) is 37.8 Å². The van der Waals surface area contributed by atoms with E-state index in [0.29, 0.717) is 24.4 Å². The maximum Gasteiger partial charge on any atom is 0.391 e. The van der Waals surface area contributed by atoms with Crippen molar-refractivity contribution in [1.82, 2.24) is 0 Å². The van der Waals surface area contributed by atoms with Crippen molar-refractivity contribution in [1.29, 1.82) is 0 Å². The number of carbonyl (C=O) groups is 1. The van der Waals surface area contributed by atoms with Crippen molar-refractivity contribution in [2.45, 2.75) is 63.2 Å². The third-order valence-electron chi connectivity index (χ3n) is 5.63. The number of anilines is 2. The van der Waals surface area contributed by atoms with Gasteiger partial charge in [-0.05, 0) is 56.7 Å². The lowest BCUT2D eigenvalue weighted by atomic mass is 9.87. The molecule has 1 aliphatic heterocycles. The first kappa shape index (κ1) is 18.4. The monoisotopic (exact) mass is 384 g/mol. The molecule has 1 N–H and O–H groups in total. The molecular weight excluding hydrogens is 361 g/mol. The highest BCUT2D eigenvalue weighted by Gasteiger charge is 2.44. The third kappa shape index (κ3) is 3.72. The third-order valence-corrected chi connectivity index (χ3v) is 5.63. The number of esters is 1. The second-order valence-electron chi connectivity index (χ2n) is 7.51. The molecule has 2 fully saturated rings. The molecule has 4 rings (SSSR count). The summed E-state index contributed by atoms with van der Waals surface area (Å²) in [6.07, 6.45) is -1.56. The van der Waals surface area contributed by atoms with E-state index >= 15 is 0 Å². The highest BCUT2D eigenvalue weighted by atomic mass is 19.4. The van der Waals surface area contributed by atoms with Gasteiger partial charge in [-0.15, -0.1) is 0 Å². The highest BCUT2D eigenvalue weighted by molar-refractivity contribution is 5.93. The summed E-state index contributed by atoms with van der Waals surface area (Å²) in [5, 5.41) is 3.29. The molecule has 148 valence electrons. The van der Waals surface area contributed by atoms with E-state index in [4.69, 9.17) is 9.47 Å². The number of nitrogens with one attached hydrogen (secondary N) is 1. The van der Waals surface area contributed by atoms with Gasteiger partial charge in [0.1, 0.15) is 0 Å². The van der Waals surface area contributed by atoms with Crippen LogP contribution < -0.4 is 10.2 Å². The minimum Gasteiger partial charge on any atom is -0.465 e. The van der Waals surface area contributed by atoms with Crippen LogP contribution in [0.4, 0.5) is 24.5 Å². The van der Waals surface area contributed by atoms with Crippen molar-refractivity contribution in [3.8, 4) is 0 Å². The maximum absolute atomic E-state index is 12.9. The fourth-order valence-corrected chi connectivity index (χ4v) is 4.00. The first-order chi connectivity index (χ1) is 12.9. The molecule has 3 aliphatic rings. The van der Waals surface area contributed by atoms with Crippen LogP contribution in [0.2, 0.25) is 0 Å². The summed E-state index contributed by atoms with van der Waals surface area (Å²) in [6.45, 7) is 0. The lowest BCUT2D eigenvalue weighted by Crippen LogP contribution is -2.43. The van der Waals surface area contributed by atoms with Gasteiger partial charge in [0.2, 0.25) is 6.35 Å². The molecule has 1 aromatic carbocycles. The number of nitrogens with zero attached hydrogens (tertiary/aromatic N) is 1. The standard InChI is InChI=1S/C19H23F3N2O3/c1-26-17(25)11-2-9-16-15(10-11)23-18(24(16)13-5-6-13)27-14-7-3-12(4-8-14)19(20,21)22/h2,9-10,12-14,18,23H,3-8H2,1H3. The van der Waals surface area contributed by atoms with Crippen molar-refractivity contribution in [3.63, 3.8) is 0 Å². The Morgan fingerprint density at radius 3 is 2.44 bits per heavy atom. The van der Waals surface area contributed by atoms with Crippen molar-refractivity contribution < 1.29 is 27.4 Å². The van der Waals surface area contributed by atoms with Gasteiger partial charge in [-0.1, -0.05) is 0 Å². The van der Waals surface area contributed by atoms with Crippen LogP contribution in [0.5, 0.6) is 0 Å². The van der Waals surface area contributed by atoms with Gasteiger partial charge in [0.05, 0.1) is 36.1 Å². The fraction of sp³-hybridized carbons (Fsp3) is 0.632. The molecule has 0 radical (unpaired) electrons. The Labute approximate surface area is 155 Å². The predicted molar refractivity (Wildman–Crippen MR) is 93.6 cm³/mol. The number of halogens is 3. The molecule has 1 atom stereocenters. The van der Waals surface area contributed by atoms with Gasteiger partial charge in [0.15, 0.2) is 0 Å². The number of hydrogen-bond donors (Lipinski definition) is 1. The number of alkyl halides is 3. The van der Waals surface area contributed by atoms with Crippen molar-refractivity contribution in [2.75, 3.05) is 17.3 Å². The van der Waals surface area contributed by atoms with Crippen LogP contribution in [0.15, 0.2) is 18.2 Å². The van der Waals surface area contributed by atoms with Crippen molar-refractivity contribution in [2.24, 2.45) is 5.92 Å². The van der Waals surface area contributed by atoms with Crippen LogP contribution in [0.25, 0.3) is 0 Å². The second kappa shape index (κ2) is 6.89. The van der Waals surface area contributed by atoms with E-state index in [1.165, 1.54) is 7.11 Å². The molecular formula is C19H23F3N2O3. The Balaban J connectivity index is 1.45. The molecule has 0 bridgehead atoms. The summed E-state index contributed by atoms with van der Waals surface area (Å²) in [6, 6.07) is 5.69. The molecule has 8 heteroatoms. The van der Waals surface area contributed by atoms with E-state index in [9.17, 15) is 18.0 Å². The topological polar surface area (TPSA) is 50.8 Å². The summed E-state index contributed by atoms with van der Waals surface area (Å²) < 4.78 is 49.5. The van der Waals surface area contributed by atoms with E-state index in [-0.39, 0.29) is 18.9 Å². The quantitative estimate of drug-likeness (QED) is 0.785. The average molecular weight is 384 g/mol. The molecule has 1 heterocycles. The van der Waals surface area contributed by atoms with E-state index < -0.39 is 24.4 Å². The van der Waals surface area contributed by atoms with Gasteiger partial charge < -0.3 is 19.7 Å².